The lowest BCUT2D eigenvalue weighted by Crippen LogP contribution is -2.38. The average Bonchev–Trinajstić information content (AvgIpc) is 2.59. The summed E-state index contributed by atoms with van der Waals surface area (Å²) in [5.41, 5.74) is 0. The van der Waals surface area contributed by atoms with Crippen molar-refractivity contribution in [3.8, 4) is 11.5 Å². The fourth-order valence-electron chi connectivity index (χ4n) is 2.10. The standard InChI is InChI=1S/C19H33N3O3.HI/c1-6-20-19(21-11-8-12-24-15(2)3)22-14-16(4)25-18-10-7-9-17(13-18)23-5;/h7,9-10,13,15-16H,6,8,11-12,14H2,1-5H3,(H2,20,21,22);1H. The molecule has 0 saturated carbocycles. The second-order valence-electron chi connectivity index (χ2n) is 6.03. The summed E-state index contributed by atoms with van der Waals surface area (Å²) >= 11 is 0. The summed E-state index contributed by atoms with van der Waals surface area (Å²) in [6, 6.07) is 7.60. The molecule has 1 rings (SSSR count). The molecule has 0 aromatic heterocycles. The van der Waals surface area contributed by atoms with Gasteiger partial charge in [0, 0.05) is 25.8 Å². The predicted octanol–water partition coefficient (Wildman–Crippen LogP) is 3.45. The highest BCUT2D eigenvalue weighted by molar-refractivity contribution is 14.0. The van der Waals surface area contributed by atoms with Crippen molar-refractivity contribution >= 4 is 29.9 Å². The summed E-state index contributed by atoms with van der Waals surface area (Å²) in [5, 5.41) is 6.56. The van der Waals surface area contributed by atoms with Gasteiger partial charge in [-0.2, -0.15) is 0 Å². The minimum atomic E-state index is -0.0353. The molecule has 0 aliphatic carbocycles. The molecule has 1 aromatic rings. The first-order valence-corrected chi connectivity index (χ1v) is 8.99. The summed E-state index contributed by atoms with van der Waals surface area (Å²) < 4.78 is 16.6. The number of nitrogens with zero attached hydrogens (tertiary/aromatic N) is 1. The average molecular weight is 479 g/mol. The Morgan fingerprint density at radius 2 is 1.88 bits per heavy atom. The van der Waals surface area contributed by atoms with E-state index in [1.807, 2.05) is 45.0 Å². The summed E-state index contributed by atoms with van der Waals surface area (Å²) in [6.07, 6.45) is 1.18. The van der Waals surface area contributed by atoms with Crippen LogP contribution in [0, 0.1) is 0 Å². The molecule has 7 heteroatoms. The van der Waals surface area contributed by atoms with Crippen LogP contribution in [0.3, 0.4) is 0 Å². The molecule has 26 heavy (non-hydrogen) atoms. The van der Waals surface area contributed by atoms with Gasteiger partial charge < -0.3 is 24.8 Å². The molecule has 1 aromatic carbocycles. The lowest BCUT2D eigenvalue weighted by atomic mass is 10.3. The number of aliphatic imine (C=N–C) groups is 1. The van der Waals surface area contributed by atoms with E-state index >= 15 is 0 Å². The van der Waals surface area contributed by atoms with Gasteiger partial charge in [0.05, 0.1) is 19.8 Å². The molecule has 0 bridgehead atoms. The van der Waals surface area contributed by atoms with Crippen LogP contribution >= 0.6 is 24.0 Å². The summed E-state index contributed by atoms with van der Waals surface area (Å²) in [5.74, 6) is 2.37. The van der Waals surface area contributed by atoms with Gasteiger partial charge in [0.2, 0.25) is 0 Å². The fraction of sp³-hybridized carbons (Fsp3) is 0.632. The molecular weight excluding hydrogens is 445 g/mol. The molecule has 6 nitrogen and oxygen atoms in total. The van der Waals surface area contributed by atoms with Gasteiger partial charge in [-0.3, -0.25) is 0 Å². The molecule has 0 aliphatic rings. The zero-order valence-electron chi connectivity index (χ0n) is 16.6. The highest BCUT2D eigenvalue weighted by atomic mass is 127. The van der Waals surface area contributed by atoms with Crippen molar-refractivity contribution in [1.29, 1.82) is 0 Å². The van der Waals surface area contributed by atoms with Crippen LogP contribution in [0.25, 0.3) is 0 Å². The largest absolute Gasteiger partial charge is 0.497 e. The maximum atomic E-state index is 5.89. The van der Waals surface area contributed by atoms with E-state index < -0.39 is 0 Å². The number of benzene rings is 1. The predicted molar refractivity (Wildman–Crippen MR) is 118 cm³/mol. The van der Waals surface area contributed by atoms with Crippen molar-refractivity contribution in [1.82, 2.24) is 10.6 Å². The Kier molecular flexibility index (Phi) is 14.2. The van der Waals surface area contributed by atoms with Crippen LogP contribution in [-0.4, -0.2) is 51.5 Å². The van der Waals surface area contributed by atoms with E-state index in [4.69, 9.17) is 14.2 Å². The Labute approximate surface area is 175 Å². The number of ether oxygens (including phenoxy) is 3. The monoisotopic (exact) mass is 479 g/mol. The number of methoxy groups -OCH3 is 1. The summed E-state index contributed by atoms with van der Waals surface area (Å²) in [6.45, 7) is 11.1. The van der Waals surface area contributed by atoms with Crippen molar-refractivity contribution < 1.29 is 14.2 Å². The molecule has 1 atom stereocenters. The van der Waals surface area contributed by atoms with E-state index in [0.717, 1.165) is 43.6 Å². The topological polar surface area (TPSA) is 64.1 Å². The van der Waals surface area contributed by atoms with Gasteiger partial charge in [0.25, 0.3) is 0 Å². The first-order chi connectivity index (χ1) is 12.0. The zero-order chi connectivity index (χ0) is 18.5. The van der Waals surface area contributed by atoms with Crippen molar-refractivity contribution in [2.24, 2.45) is 4.99 Å². The number of hydrogen-bond acceptors (Lipinski definition) is 4. The minimum Gasteiger partial charge on any atom is -0.497 e. The molecule has 0 aliphatic heterocycles. The van der Waals surface area contributed by atoms with Crippen molar-refractivity contribution in [2.45, 2.75) is 46.3 Å². The zero-order valence-corrected chi connectivity index (χ0v) is 18.9. The van der Waals surface area contributed by atoms with Crippen molar-refractivity contribution in [3.05, 3.63) is 24.3 Å². The van der Waals surface area contributed by atoms with Crippen LogP contribution in [0.15, 0.2) is 29.3 Å². The molecule has 0 saturated heterocycles. The third kappa shape index (κ3) is 11.4. The molecule has 0 amide bonds. The normalized spacial score (nSPS) is 12.3. The SMILES string of the molecule is CCNC(=NCC(C)Oc1cccc(OC)c1)NCCCOC(C)C.I. The van der Waals surface area contributed by atoms with Crippen molar-refractivity contribution in [2.75, 3.05) is 33.4 Å². The van der Waals surface area contributed by atoms with Gasteiger partial charge >= 0.3 is 0 Å². The summed E-state index contributed by atoms with van der Waals surface area (Å²) in [7, 11) is 1.65. The minimum absolute atomic E-state index is 0. The van der Waals surface area contributed by atoms with Crippen molar-refractivity contribution in [3.63, 3.8) is 0 Å². The Hall–Kier alpha value is -1.22. The van der Waals surface area contributed by atoms with Crippen LogP contribution < -0.4 is 20.1 Å². The number of nitrogens with one attached hydrogen (secondary N) is 2. The third-order valence-electron chi connectivity index (χ3n) is 3.29. The van der Waals surface area contributed by atoms with Crippen LogP contribution in [0.5, 0.6) is 11.5 Å². The van der Waals surface area contributed by atoms with Crippen LogP contribution in [-0.2, 0) is 4.74 Å². The van der Waals surface area contributed by atoms with E-state index in [2.05, 4.69) is 22.5 Å². The maximum Gasteiger partial charge on any atom is 0.191 e. The molecule has 1 unspecified atom stereocenters. The van der Waals surface area contributed by atoms with Gasteiger partial charge in [-0.05, 0) is 46.2 Å². The second kappa shape index (κ2) is 14.9. The van der Waals surface area contributed by atoms with Gasteiger partial charge in [-0.25, -0.2) is 4.99 Å². The van der Waals surface area contributed by atoms with E-state index in [0.29, 0.717) is 6.54 Å². The third-order valence-corrected chi connectivity index (χ3v) is 3.29. The quantitative estimate of drug-likeness (QED) is 0.220. The number of hydrogen-bond donors (Lipinski definition) is 2. The molecular formula is C19H34IN3O3. The van der Waals surface area contributed by atoms with E-state index in [1.165, 1.54) is 0 Å². The van der Waals surface area contributed by atoms with Gasteiger partial charge in [-0.1, -0.05) is 6.07 Å². The van der Waals surface area contributed by atoms with E-state index in [1.54, 1.807) is 7.11 Å². The molecule has 2 N–H and O–H groups in total. The van der Waals surface area contributed by atoms with Gasteiger partial charge in [0.15, 0.2) is 5.96 Å². The number of guanidine groups is 1. The Bertz CT molecular complexity index is 513. The molecule has 0 fully saturated rings. The van der Waals surface area contributed by atoms with Gasteiger partial charge in [0.1, 0.15) is 17.6 Å². The first-order valence-electron chi connectivity index (χ1n) is 8.99. The van der Waals surface area contributed by atoms with Crippen LogP contribution in [0.4, 0.5) is 0 Å². The van der Waals surface area contributed by atoms with Crippen LogP contribution in [0.2, 0.25) is 0 Å². The van der Waals surface area contributed by atoms with E-state index in [9.17, 15) is 0 Å². The summed E-state index contributed by atoms with van der Waals surface area (Å²) in [4.78, 5) is 4.58. The number of halogens is 1. The molecule has 0 spiro atoms. The van der Waals surface area contributed by atoms with E-state index in [-0.39, 0.29) is 36.2 Å². The van der Waals surface area contributed by atoms with Gasteiger partial charge in [-0.15, -0.1) is 24.0 Å². The van der Waals surface area contributed by atoms with Crippen LogP contribution in [0.1, 0.15) is 34.1 Å². The smallest absolute Gasteiger partial charge is 0.191 e. The lowest BCUT2D eigenvalue weighted by molar-refractivity contribution is 0.0776. The first kappa shape index (κ1) is 24.8. The Morgan fingerprint density at radius 3 is 2.54 bits per heavy atom. The molecule has 0 radical (unpaired) electrons. The fourth-order valence-corrected chi connectivity index (χ4v) is 2.10. The lowest BCUT2D eigenvalue weighted by Gasteiger charge is -2.16. The molecule has 0 heterocycles. The Balaban J connectivity index is 0.00000625. The maximum absolute atomic E-state index is 5.89. The highest BCUT2D eigenvalue weighted by Gasteiger charge is 2.05. The Morgan fingerprint density at radius 1 is 1.15 bits per heavy atom. The second-order valence-corrected chi connectivity index (χ2v) is 6.03. The molecule has 150 valence electrons. The highest BCUT2D eigenvalue weighted by Crippen LogP contribution is 2.19. The number of rotatable bonds is 11.